The second-order valence-electron chi connectivity index (χ2n) is 6.11. The molecule has 1 heterocycles. The number of rotatable bonds is 6. The maximum absolute atomic E-state index is 4.37. The Hall–Kier alpha value is -0.830. The third-order valence-electron chi connectivity index (χ3n) is 4.67. The first-order valence-electron chi connectivity index (χ1n) is 7.93. The van der Waals surface area contributed by atoms with Crippen molar-refractivity contribution in [3.63, 3.8) is 0 Å². The zero-order chi connectivity index (χ0) is 13.7. The predicted molar refractivity (Wildman–Crippen MR) is 80.2 cm³/mol. The van der Waals surface area contributed by atoms with Crippen molar-refractivity contribution in [2.45, 2.75) is 51.9 Å². The first-order valence-corrected chi connectivity index (χ1v) is 7.93. The lowest BCUT2D eigenvalue weighted by atomic mass is 9.71. The summed E-state index contributed by atoms with van der Waals surface area (Å²) < 4.78 is 1.95. The molecule has 1 aliphatic carbocycles. The third kappa shape index (κ3) is 3.82. The molecule has 1 saturated carbocycles. The minimum Gasteiger partial charge on any atom is -0.316 e. The molecule has 108 valence electrons. The molecule has 3 unspecified atom stereocenters. The van der Waals surface area contributed by atoms with Crippen LogP contribution in [0.1, 0.15) is 57.4 Å². The molecule has 1 N–H and O–H groups in total. The van der Waals surface area contributed by atoms with Crippen LogP contribution in [0.4, 0.5) is 0 Å². The highest BCUT2D eigenvalue weighted by Gasteiger charge is 2.31. The van der Waals surface area contributed by atoms with Crippen LogP contribution in [0.2, 0.25) is 0 Å². The molecule has 0 radical (unpaired) electrons. The number of nitrogens with one attached hydrogen (secondary N) is 1. The van der Waals surface area contributed by atoms with Gasteiger partial charge in [-0.05, 0) is 55.7 Å². The largest absolute Gasteiger partial charge is 0.316 e. The molecule has 3 atom stereocenters. The van der Waals surface area contributed by atoms with Crippen LogP contribution in [0.5, 0.6) is 0 Å². The molecule has 1 aromatic heterocycles. The van der Waals surface area contributed by atoms with E-state index in [0.29, 0.717) is 5.92 Å². The molecule has 1 fully saturated rings. The summed E-state index contributed by atoms with van der Waals surface area (Å²) in [7, 11) is 2.02. The minimum atomic E-state index is 0.705. The van der Waals surface area contributed by atoms with Gasteiger partial charge in [-0.15, -0.1) is 0 Å². The molecule has 19 heavy (non-hydrogen) atoms. The van der Waals surface area contributed by atoms with Crippen LogP contribution in [0.3, 0.4) is 0 Å². The molecule has 0 aromatic carbocycles. The van der Waals surface area contributed by atoms with Crippen molar-refractivity contribution in [3.8, 4) is 0 Å². The van der Waals surface area contributed by atoms with Crippen molar-refractivity contribution in [1.82, 2.24) is 15.1 Å². The SMILES string of the molecule is CCCNCC1CCC(CC)CC1c1cnn(C)c1. The zero-order valence-electron chi connectivity index (χ0n) is 12.7. The summed E-state index contributed by atoms with van der Waals surface area (Å²) in [5.74, 6) is 2.41. The first kappa shape index (κ1) is 14.6. The number of aromatic nitrogens is 2. The number of nitrogens with zero attached hydrogens (tertiary/aromatic N) is 2. The van der Waals surface area contributed by atoms with Gasteiger partial charge in [0.05, 0.1) is 6.20 Å². The second-order valence-corrected chi connectivity index (χ2v) is 6.11. The van der Waals surface area contributed by atoms with Gasteiger partial charge in [0, 0.05) is 13.2 Å². The van der Waals surface area contributed by atoms with E-state index >= 15 is 0 Å². The number of hydrogen-bond acceptors (Lipinski definition) is 2. The minimum absolute atomic E-state index is 0.705. The highest BCUT2D eigenvalue weighted by molar-refractivity contribution is 5.14. The Labute approximate surface area is 117 Å². The van der Waals surface area contributed by atoms with Crippen molar-refractivity contribution in [3.05, 3.63) is 18.0 Å². The fourth-order valence-corrected chi connectivity index (χ4v) is 3.44. The smallest absolute Gasteiger partial charge is 0.0524 e. The highest BCUT2D eigenvalue weighted by atomic mass is 15.2. The van der Waals surface area contributed by atoms with E-state index in [1.54, 1.807) is 0 Å². The molecule has 0 saturated heterocycles. The zero-order valence-corrected chi connectivity index (χ0v) is 12.7. The van der Waals surface area contributed by atoms with Gasteiger partial charge in [-0.1, -0.05) is 26.7 Å². The van der Waals surface area contributed by atoms with E-state index < -0.39 is 0 Å². The van der Waals surface area contributed by atoms with Gasteiger partial charge in [0.15, 0.2) is 0 Å². The van der Waals surface area contributed by atoms with E-state index in [9.17, 15) is 0 Å². The van der Waals surface area contributed by atoms with Crippen molar-refractivity contribution in [1.29, 1.82) is 0 Å². The second kappa shape index (κ2) is 7.09. The summed E-state index contributed by atoms with van der Waals surface area (Å²) in [4.78, 5) is 0. The van der Waals surface area contributed by atoms with Crippen LogP contribution < -0.4 is 5.32 Å². The van der Waals surface area contributed by atoms with Gasteiger partial charge in [0.1, 0.15) is 0 Å². The van der Waals surface area contributed by atoms with Gasteiger partial charge in [-0.25, -0.2) is 0 Å². The van der Waals surface area contributed by atoms with E-state index in [1.807, 2.05) is 11.7 Å². The fourth-order valence-electron chi connectivity index (χ4n) is 3.44. The normalized spacial score (nSPS) is 27.6. The van der Waals surface area contributed by atoms with Gasteiger partial charge >= 0.3 is 0 Å². The van der Waals surface area contributed by atoms with Gasteiger partial charge < -0.3 is 5.32 Å². The van der Waals surface area contributed by atoms with Gasteiger partial charge in [0.25, 0.3) is 0 Å². The number of aryl methyl sites for hydroxylation is 1. The number of hydrogen-bond donors (Lipinski definition) is 1. The quantitative estimate of drug-likeness (QED) is 0.798. The summed E-state index contributed by atoms with van der Waals surface area (Å²) in [5, 5.41) is 7.99. The van der Waals surface area contributed by atoms with Crippen molar-refractivity contribution >= 4 is 0 Å². The molecule has 3 nitrogen and oxygen atoms in total. The van der Waals surface area contributed by atoms with Gasteiger partial charge in [-0.2, -0.15) is 5.10 Å². The van der Waals surface area contributed by atoms with E-state index in [0.717, 1.165) is 18.4 Å². The van der Waals surface area contributed by atoms with Crippen molar-refractivity contribution < 1.29 is 0 Å². The lowest BCUT2D eigenvalue weighted by Crippen LogP contribution is -2.32. The monoisotopic (exact) mass is 263 g/mol. The van der Waals surface area contributed by atoms with Crippen LogP contribution in [0, 0.1) is 11.8 Å². The first-order chi connectivity index (χ1) is 9.24. The molecule has 0 aliphatic heterocycles. The molecular weight excluding hydrogens is 234 g/mol. The molecule has 3 heteroatoms. The molecule has 1 aromatic rings. The Morgan fingerprint density at radius 3 is 2.84 bits per heavy atom. The Balaban J connectivity index is 2.03. The topological polar surface area (TPSA) is 29.9 Å². The average molecular weight is 263 g/mol. The molecule has 0 bridgehead atoms. The molecule has 0 amide bonds. The Morgan fingerprint density at radius 1 is 1.37 bits per heavy atom. The van der Waals surface area contributed by atoms with Crippen LogP contribution in [-0.2, 0) is 7.05 Å². The van der Waals surface area contributed by atoms with Crippen LogP contribution in [0.15, 0.2) is 12.4 Å². The van der Waals surface area contributed by atoms with E-state index in [1.165, 1.54) is 44.2 Å². The summed E-state index contributed by atoms with van der Waals surface area (Å²) in [6.07, 6.45) is 11.0. The maximum Gasteiger partial charge on any atom is 0.0524 e. The Kier molecular flexibility index (Phi) is 5.44. The lowest BCUT2D eigenvalue weighted by molar-refractivity contribution is 0.226. The standard InChI is InChI=1S/C16H29N3/c1-4-8-17-10-14-7-6-13(5-2)9-16(14)15-11-18-19(3)12-15/h11-14,16-17H,4-10H2,1-3H3. The van der Waals surface area contributed by atoms with Gasteiger partial charge in [-0.3, -0.25) is 4.68 Å². The third-order valence-corrected chi connectivity index (χ3v) is 4.67. The molecule has 2 rings (SSSR count). The highest BCUT2D eigenvalue weighted by Crippen LogP contribution is 2.41. The van der Waals surface area contributed by atoms with Crippen LogP contribution in [-0.4, -0.2) is 22.9 Å². The van der Waals surface area contributed by atoms with E-state index in [4.69, 9.17) is 0 Å². The van der Waals surface area contributed by atoms with Crippen molar-refractivity contribution in [2.24, 2.45) is 18.9 Å². The molecular formula is C16H29N3. The van der Waals surface area contributed by atoms with E-state index in [-0.39, 0.29) is 0 Å². The predicted octanol–water partition coefficient (Wildman–Crippen LogP) is 3.33. The lowest BCUT2D eigenvalue weighted by Gasteiger charge is -2.35. The van der Waals surface area contributed by atoms with Crippen molar-refractivity contribution in [2.75, 3.05) is 13.1 Å². The average Bonchev–Trinajstić information content (AvgIpc) is 2.86. The van der Waals surface area contributed by atoms with Crippen LogP contribution >= 0.6 is 0 Å². The summed E-state index contributed by atoms with van der Waals surface area (Å²) in [6, 6.07) is 0. The van der Waals surface area contributed by atoms with E-state index in [2.05, 4.69) is 36.7 Å². The summed E-state index contributed by atoms with van der Waals surface area (Å²) in [5.41, 5.74) is 1.45. The molecule has 0 spiro atoms. The Morgan fingerprint density at radius 2 is 2.21 bits per heavy atom. The summed E-state index contributed by atoms with van der Waals surface area (Å²) >= 11 is 0. The maximum atomic E-state index is 4.37. The Bertz CT molecular complexity index is 370. The van der Waals surface area contributed by atoms with Crippen LogP contribution in [0.25, 0.3) is 0 Å². The molecule has 1 aliphatic rings. The summed E-state index contributed by atoms with van der Waals surface area (Å²) in [6.45, 7) is 6.89. The van der Waals surface area contributed by atoms with Gasteiger partial charge in [0.2, 0.25) is 0 Å². The fraction of sp³-hybridized carbons (Fsp3) is 0.812.